The van der Waals surface area contributed by atoms with Gasteiger partial charge in [0.05, 0.1) is 16.3 Å². The van der Waals surface area contributed by atoms with Crippen molar-refractivity contribution >= 4 is 39.1 Å². The zero-order valence-electron chi connectivity index (χ0n) is 18.0. The number of carbonyl (C=O) groups is 1. The summed E-state index contributed by atoms with van der Waals surface area (Å²) in [6.07, 6.45) is 0. The van der Waals surface area contributed by atoms with E-state index >= 15 is 0 Å². The maximum Gasteiger partial charge on any atom is 0.262 e. The van der Waals surface area contributed by atoms with Crippen molar-refractivity contribution in [3.8, 4) is 5.69 Å². The molecule has 0 aliphatic carbocycles. The van der Waals surface area contributed by atoms with E-state index < -0.39 is 15.8 Å². The molecular formula is C23H20FN5O3S2. The van der Waals surface area contributed by atoms with Crippen molar-refractivity contribution in [3.05, 3.63) is 90.5 Å². The molecule has 2 N–H and O–H groups in total. The number of anilines is 2. The predicted octanol–water partition coefficient (Wildman–Crippen LogP) is 4.25. The summed E-state index contributed by atoms with van der Waals surface area (Å²) >= 11 is 1.21. The molecule has 174 valence electrons. The van der Waals surface area contributed by atoms with Gasteiger partial charge < -0.3 is 5.32 Å². The van der Waals surface area contributed by atoms with Crippen molar-refractivity contribution < 1.29 is 17.6 Å². The van der Waals surface area contributed by atoms with Crippen LogP contribution in [0, 0.1) is 12.7 Å². The fourth-order valence-corrected chi connectivity index (χ4v) is 5.04. The lowest BCUT2D eigenvalue weighted by atomic mass is 10.3. The summed E-state index contributed by atoms with van der Waals surface area (Å²) in [6, 6.07) is 20.7. The molecule has 0 radical (unpaired) electrons. The summed E-state index contributed by atoms with van der Waals surface area (Å²) in [5.41, 5.74) is 1.02. The van der Waals surface area contributed by atoms with Crippen LogP contribution in [0.15, 0.2) is 88.9 Å². The Hall–Kier alpha value is -3.70. The van der Waals surface area contributed by atoms with Gasteiger partial charge in [-0.05, 0) is 49.4 Å². The molecule has 1 heterocycles. The van der Waals surface area contributed by atoms with Gasteiger partial charge in [0.25, 0.3) is 10.0 Å². The molecule has 0 saturated heterocycles. The Morgan fingerprint density at radius 1 is 1.00 bits per heavy atom. The number of carbonyl (C=O) groups excluding carboxylic acids is 1. The maximum atomic E-state index is 13.9. The molecule has 34 heavy (non-hydrogen) atoms. The van der Waals surface area contributed by atoms with Crippen LogP contribution in [0.1, 0.15) is 5.82 Å². The Morgan fingerprint density at radius 2 is 1.74 bits per heavy atom. The Bertz CT molecular complexity index is 1430. The van der Waals surface area contributed by atoms with Crippen molar-refractivity contribution in [3.63, 3.8) is 0 Å². The van der Waals surface area contributed by atoms with Crippen LogP contribution < -0.4 is 10.0 Å². The van der Waals surface area contributed by atoms with E-state index in [0.29, 0.717) is 16.7 Å². The van der Waals surface area contributed by atoms with Gasteiger partial charge in [-0.3, -0.25) is 14.1 Å². The van der Waals surface area contributed by atoms with Gasteiger partial charge in [0, 0.05) is 11.4 Å². The van der Waals surface area contributed by atoms with Crippen molar-refractivity contribution in [1.29, 1.82) is 0 Å². The summed E-state index contributed by atoms with van der Waals surface area (Å²) in [7, 11) is -4.05. The quantitative estimate of drug-likeness (QED) is 0.353. The second kappa shape index (κ2) is 10.1. The van der Waals surface area contributed by atoms with Gasteiger partial charge in [0.15, 0.2) is 5.16 Å². The van der Waals surface area contributed by atoms with E-state index in [1.807, 2.05) is 41.8 Å². The largest absolute Gasteiger partial charge is 0.325 e. The number of aromatic nitrogens is 3. The highest BCUT2D eigenvalue weighted by Crippen LogP contribution is 2.23. The molecular weight excluding hydrogens is 477 g/mol. The number of hydrogen-bond donors (Lipinski definition) is 2. The minimum absolute atomic E-state index is 0.0371. The fourth-order valence-electron chi connectivity index (χ4n) is 3.13. The topological polar surface area (TPSA) is 106 Å². The number of amides is 1. The molecule has 0 aliphatic heterocycles. The SMILES string of the molecule is Cc1nnc(SCC(=O)Nc2cccc(S(=O)(=O)Nc3ccccc3F)c2)n1-c1ccccc1. The summed E-state index contributed by atoms with van der Waals surface area (Å²) in [5, 5.41) is 11.5. The molecule has 0 unspecified atom stereocenters. The average molecular weight is 498 g/mol. The number of nitrogens with one attached hydrogen (secondary N) is 2. The molecule has 4 aromatic rings. The molecule has 8 nitrogen and oxygen atoms in total. The number of benzene rings is 3. The van der Waals surface area contributed by atoms with Crippen molar-refractivity contribution in [2.24, 2.45) is 0 Å². The molecule has 0 bridgehead atoms. The van der Waals surface area contributed by atoms with Gasteiger partial charge in [-0.25, -0.2) is 12.8 Å². The second-order valence-corrected chi connectivity index (χ2v) is 9.78. The van der Waals surface area contributed by atoms with Gasteiger partial charge in [0.1, 0.15) is 11.6 Å². The molecule has 3 aromatic carbocycles. The molecule has 1 aromatic heterocycles. The number of para-hydroxylation sites is 2. The molecule has 0 saturated carbocycles. The second-order valence-electron chi connectivity index (χ2n) is 7.15. The molecule has 0 atom stereocenters. The first-order valence-corrected chi connectivity index (χ1v) is 12.6. The van der Waals surface area contributed by atoms with Crippen LogP contribution in [-0.4, -0.2) is 34.8 Å². The van der Waals surface area contributed by atoms with Crippen LogP contribution in [0.4, 0.5) is 15.8 Å². The monoisotopic (exact) mass is 497 g/mol. The van der Waals surface area contributed by atoms with Gasteiger partial charge in [0.2, 0.25) is 5.91 Å². The Balaban J connectivity index is 1.43. The van der Waals surface area contributed by atoms with E-state index in [1.165, 1.54) is 48.2 Å². The Labute approximate surface area is 200 Å². The smallest absolute Gasteiger partial charge is 0.262 e. The third-order valence-electron chi connectivity index (χ3n) is 4.69. The lowest BCUT2D eigenvalue weighted by Gasteiger charge is -2.11. The van der Waals surface area contributed by atoms with E-state index in [1.54, 1.807) is 6.07 Å². The van der Waals surface area contributed by atoms with Crippen molar-refractivity contribution in [2.45, 2.75) is 17.0 Å². The van der Waals surface area contributed by atoms with Crippen molar-refractivity contribution in [2.75, 3.05) is 15.8 Å². The zero-order chi connectivity index (χ0) is 24.1. The van der Waals surface area contributed by atoms with Crippen LogP contribution in [0.25, 0.3) is 5.69 Å². The van der Waals surface area contributed by atoms with Gasteiger partial charge >= 0.3 is 0 Å². The third-order valence-corrected chi connectivity index (χ3v) is 6.98. The summed E-state index contributed by atoms with van der Waals surface area (Å²) in [5.74, 6) is -0.308. The molecule has 1 amide bonds. The van der Waals surface area contributed by atoms with Crippen molar-refractivity contribution in [1.82, 2.24) is 14.8 Å². The average Bonchev–Trinajstić information content (AvgIpc) is 3.20. The number of aryl methyl sites for hydroxylation is 1. The predicted molar refractivity (Wildman–Crippen MR) is 129 cm³/mol. The van der Waals surface area contributed by atoms with Crippen LogP contribution in [0.3, 0.4) is 0 Å². The van der Waals surface area contributed by atoms with E-state index in [2.05, 4.69) is 20.2 Å². The van der Waals surface area contributed by atoms with E-state index in [-0.39, 0.29) is 22.2 Å². The molecule has 0 fully saturated rings. The minimum atomic E-state index is -4.05. The molecule has 0 spiro atoms. The number of halogens is 1. The minimum Gasteiger partial charge on any atom is -0.325 e. The number of hydrogen-bond acceptors (Lipinski definition) is 6. The Morgan fingerprint density at radius 3 is 2.50 bits per heavy atom. The highest BCUT2D eigenvalue weighted by molar-refractivity contribution is 7.99. The molecule has 4 rings (SSSR count). The van der Waals surface area contributed by atoms with E-state index in [0.717, 1.165) is 11.8 Å². The first-order chi connectivity index (χ1) is 16.3. The first kappa shape index (κ1) is 23.5. The standard InChI is InChI=1S/C23H20FN5O3S2/c1-16-26-27-23(29(16)18-9-3-2-4-10-18)33-15-22(30)25-17-8-7-11-19(14-17)34(31,32)28-21-13-6-5-12-20(21)24/h2-14,28H,15H2,1H3,(H,25,30). The van der Waals surface area contributed by atoms with Crippen LogP contribution in [-0.2, 0) is 14.8 Å². The summed E-state index contributed by atoms with van der Waals surface area (Å²) in [6.45, 7) is 1.82. The van der Waals surface area contributed by atoms with Gasteiger partial charge in [-0.15, -0.1) is 10.2 Å². The summed E-state index contributed by atoms with van der Waals surface area (Å²) < 4.78 is 43.2. The van der Waals surface area contributed by atoms with Crippen LogP contribution in [0.5, 0.6) is 0 Å². The van der Waals surface area contributed by atoms with Crippen LogP contribution >= 0.6 is 11.8 Å². The van der Waals surface area contributed by atoms with Crippen LogP contribution in [0.2, 0.25) is 0 Å². The molecule has 0 aliphatic rings. The number of thioether (sulfide) groups is 1. The lowest BCUT2D eigenvalue weighted by molar-refractivity contribution is -0.113. The number of rotatable bonds is 8. The number of sulfonamides is 1. The highest BCUT2D eigenvalue weighted by Gasteiger charge is 2.18. The van der Waals surface area contributed by atoms with Gasteiger partial charge in [-0.2, -0.15) is 0 Å². The normalized spacial score (nSPS) is 11.2. The third kappa shape index (κ3) is 5.43. The van der Waals surface area contributed by atoms with Gasteiger partial charge in [-0.1, -0.05) is 48.2 Å². The zero-order valence-corrected chi connectivity index (χ0v) is 19.6. The summed E-state index contributed by atoms with van der Waals surface area (Å²) in [4.78, 5) is 12.4. The first-order valence-electron chi connectivity index (χ1n) is 10.1. The Kier molecular flexibility index (Phi) is 6.94. The highest BCUT2D eigenvalue weighted by atomic mass is 32.2. The lowest BCUT2D eigenvalue weighted by Crippen LogP contribution is -2.17. The maximum absolute atomic E-state index is 13.9. The van der Waals surface area contributed by atoms with E-state index in [4.69, 9.17) is 0 Å². The molecule has 11 heteroatoms. The van der Waals surface area contributed by atoms with E-state index in [9.17, 15) is 17.6 Å². The fraction of sp³-hybridized carbons (Fsp3) is 0.0870. The number of nitrogens with zero attached hydrogens (tertiary/aromatic N) is 3.